The largest absolute Gasteiger partial charge is 0.396 e. The Hall–Kier alpha value is -2.30. The second-order valence-electron chi connectivity index (χ2n) is 2.99. The van der Waals surface area contributed by atoms with Gasteiger partial charge in [0, 0.05) is 5.39 Å². The number of carbonyl (C=O) groups is 1. The molecule has 2 aromatic rings. The van der Waals surface area contributed by atoms with E-state index in [1.807, 2.05) is 24.3 Å². The molecule has 76 valence electrons. The van der Waals surface area contributed by atoms with Gasteiger partial charge in [0.2, 0.25) is 6.41 Å². The molecule has 1 aromatic carbocycles. The summed E-state index contributed by atoms with van der Waals surface area (Å²) in [6, 6.07) is 7.53. The average molecular weight is 202 g/mol. The molecule has 5 nitrogen and oxygen atoms in total. The maximum absolute atomic E-state index is 10.2. The highest BCUT2D eigenvalue weighted by atomic mass is 16.1. The van der Waals surface area contributed by atoms with Gasteiger partial charge in [0.25, 0.3) is 0 Å². The summed E-state index contributed by atoms with van der Waals surface area (Å²) in [4.78, 5) is 14.4. The summed E-state index contributed by atoms with van der Waals surface area (Å²) in [6.07, 6.45) is 2.10. The minimum Gasteiger partial charge on any atom is -0.396 e. The second kappa shape index (κ2) is 3.83. The monoisotopic (exact) mass is 202 g/mol. The summed E-state index contributed by atoms with van der Waals surface area (Å²) in [5, 5.41) is 0.867. The molecule has 0 radical (unpaired) electrons. The van der Waals surface area contributed by atoms with Crippen molar-refractivity contribution in [1.82, 2.24) is 10.4 Å². The van der Waals surface area contributed by atoms with Crippen LogP contribution < -0.4 is 16.6 Å². The zero-order valence-corrected chi connectivity index (χ0v) is 7.90. The highest BCUT2D eigenvalue weighted by Gasteiger charge is 2.04. The van der Waals surface area contributed by atoms with Crippen LogP contribution in [0, 0.1) is 0 Å². The summed E-state index contributed by atoms with van der Waals surface area (Å²) in [6.45, 7) is 0. The number of carbonyl (C=O) groups excluding carboxylic acids is 1. The first-order valence-corrected chi connectivity index (χ1v) is 4.41. The highest BCUT2D eigenvalue weighted by molar-refractivity contribution is 5.96. The molecule has 0 aliphatic carbocycles. The van der Waals surface area contributed by atoms with Crippen molar-refractivity contribution in [1.29, 1.82) is 0 Å². The standard InChI is InChI=1S/C10H10N4O/c11-8-5-12-9-4-2-1-3-7(9)10(8)14-13-6-15/h1-6H,11H2,(H,12,14)(H,13,15). The number of pyridine rings is 1. The lowest BCUT2D eigenvalue weighted by atomic mass is 10.2. The number of nitrogens with zero attached hydrogens (tertiary/aromatic N) is 1. The summed E-state index contributed by atoms with van der Waals surface area (Å²) in [5.41, 5.74) is 12.8. The third kappa shape index (κ3) is 1.67. The van der Waals surface area contributed by atoms with E-state index in [0.717, 1.165) is 10.9 Å². The molecule has 0 bridgehead atoms. The fraction of sp³-hybridized carbons (Fsp3) is 0. The topological polar surface area (TPSA) is 80.0 Å². The molecule has 2 rings (SSSR count). The van der Waals surface area contributed by atoms with Gasteiger partial charge in [-0.3, -0.25) is 20.6 Å². The van der Waals surface area contributed by atoms with Gasteiger partial charge in [-0.05, 0) is 6.07 Å². The number of nitrogens with two attached hydrogens (primary N) is 1. The molecule has 0 aliphatic rings. The molecular formula is C10H10N4O. The molecule has 0 atom stereocenters. The molecule has 0 fully saturated rings. The van der Waals surface area contributed by atoms with E-state index < -0.39 is 0 Å². The van der Waals surface area contributed by atoms with E-state index >= 15 is 0 Å². The molecule has 5 heteroatoms. The Morgan fingerprint density at radius 2 is 2.13 bits per heavy atom. The van der Waals surface area contributed by atoms with E-state index in [9.17, 15) is 4.79 Å². The fourth-order valence-corrected chi connectivity index (χ4v) is 1.40. The molecule has 1 heterocycles. The van der Waals surface area contributed by atoms with Crippen LogP contribution in [0.15, 0.2) is 30.5 Å². The zero-order chi connectivity index (χ0) is 10.7. The molecule has 0 saturated heterocycles. The van der Waals surface area contributed by atoms with Crippen LogP contribution in [0.25, 0.3) is 10.9 Å². The number of rotatable bonds is 3. The van der Waals surface area contributed by atoms with Crippen LogP contribution in [0.1, 0.15) is 0 Å². The van der Waals surface area contributed by atoms with Crippen molar-refractivity contribution in [2.75, 3.05) is 11.2 Å². The highest BCUT2D eigenvalue weighted by Crippen LogP contribution is 2.26. The maximum Gasteiger partial charge on any atom is 0.225 e. The third-order valence-electron chi connectivity index (χ3n) is 2.06. The van der Waals surface area contributed by atoms with Gasteiger partial charge in [0.05, 0.1) is 23.1 Å². The molecule has 1 amide bonds. The lowest BCUT2D eigenvalue weighted by Crippen LogP contribution is -2.20. The van der Waals surface area contributed by atoms with E-state index in [0.29, 0.717) is 17.8 Å². The van der Waals surface area contributed by atoms with Gasteiger partial charge in [-0.1, -0.05) is 18.2 Å². The predicted octanol–water partition coefficient (Wildman–Crippen LogP) is 0.890. The summed E-state index contributed by atoms with van der Waals surface area (Å²) in [5.74, 6) is 0. The second-order valence-corrected chi connectivity index (χ2v) is 2.99. The van der Waals surface area contributed by atoms with Crippen LogP contribution >= 0.6 is 0 Å². The number of aromatic nitrogens is 1. The number of benzene rings is 1. The van der Waals surface area contributed by atoms with Gasteiger partial charge < -0.3 is 5.73 Å². The summed E-state index contributed by atoms with van der Waals surface area (Å²) >= 11 is 0. The van der Waals surface area contributed by atoms with Gasteiger partial charge >= 0.3 is 0 Å². The van der Waals surface area contributed by atoms with Crippen LogP contribution in [0.3, 0.4) is 0 Å². The van der Waals surface area contributed by atoms with Crippen molar-refractivity contribution < 1.29 is 4.79 Å². The number of amides is 1. The van der Waals surface area contributed by atoms with Gasteiger partial charge in [0.1, 0.15) is 0 Å². The summed E-state index contributed by atoms with van der Waals surface area (Å²) < 4.78 is 0. The van der Waals surface area contributed by atoms with Gasteiger partial charge in [-0.25, -0.2) is 0 Å². The fourth-order valence-electron chi connectivity index (χ4n) is 1.40. The molecule has 0 unspecified atom stereocenters. The van der Waals surface area contributed by atoms with Gasteiger partial charge in [-0.2, -0.15) is 0 Å². The first-order chi connectivity index (χ1) is 7.33. The Kier molecular flexibility index (Phi) is 2.37. The lowest BCUT2D eigenvalue weighted by molar-refractivity contribution is -0.109. The van der Waals surface area contributed by atoms with E-state index in [4.69, 9.17) is 5.73 Å². The SMILES string of the molecule is Nc1cnc2ccccc2c1NNC=O. The molecular weight excluding hydrogens is 192 g/mol. The van der Waals surface area contributed by atoms with Crippen molar-refractivity contribution in [2.45, 2.75) is 0 Å². The van der Waals surface area contributed by atoms with Crippen molar-refractivity contribution in [3.05, 3.63) is 30.5 Å². The van der Waals surface area contributed by atoms with Gasteiger partial charge in [0.15, 0.2) is 0 Å². The number of para-hydroxylation sites is 1. The Bertz CT molecular complexity index is 498. The third-order valence-corrected chi connectivity index (χ3v) is 2.06. The number of hydrogen-bond acceptors (Lipinski definition) is 4. The van der Waals surface area contributed by atoms with E-state index in [2.05, 4.69) is 15.8 Å². The number of hydrogen-bond donors (Lipinski definition) is 3. The molecule has 1 aromatic heterocycles. The Morgan fingerprint density at radius 3 is 2.93 bits per heavy atom. The Balaban J connectivity index is 2.57. The summed E-state index contributed by atoms with van der Waals surface area (Å²) in [7, 11) is 0. The first-order valence-electron chi connectivity index (χ1n) is 4.41. The quantitative estimate of drug-likeness (QED) is 0.510. The van der Waals surface area contributed by atoms with E-state index in [1.165, 1.54) is 0 Å². The van der Waals surface area contributed by atoms with Crippen molar-refractivity contribution in [2.24, 2.45) is 0 Å². The minimum absolute atomic E-state index is 0.489. The maximum atomic E-state index is 10.2. The number of hydrazine groups is 1. The van der Waals surface area contributed by atoms with Crippen LogP contribution in [0.2, 0.25) is 0 Å². The minimum atomic E-state index is 0.489. The Morgan fingerprint density at radius 1 is 1.33 bits per heavy atom. The first kappa shape index (κ1) is 9.26. The molecule has 4 N–H and O–H groups in total. The lowest BCUT2D eigenvalue weighted by Gasteiger charge is -2.10. The predicted molar refractivity (Wildman–Crippen MR) is 59.0 cm³/mol. The van der Waals surface area contributed by atoms with Crippen LogP contribution in [-0.4, -0.2) is 11.4 Å². The van der Waals surface area contributed by atoms with E-state index in [-0.39, 0.29) is 0 Å². The number of anilines is 2. The molecule has 0 saturated carbocycles. The Labute approximate surface area is 86.3 Å². The molecule has 0 aliphatic heterocycles. The normalized spacial score (nSPS) is 9.87. The van der Waals surface area contributed by atoms with E-state index in [1.54, 1.807) is 6.20 Å². The smallest absolute Gasteiger partial charge is 0.225 e. The number of nitrogens with one attached hydrogen (secondary N) is 2. The van der Waals surface area contributed by atoms with Gasteiger partial charge in [-0.15, -0.1) is 0 Å². The number of nitrogen functional groups attached to an aromatic ring is 1. The van der Waals surface area contributed by atoms with Crippen molar-refractivity contribution in [3.63, 3.8) is 0 Å². The van der Waals surface area contributed by atoms with Crippen LogP contribution in [-0.2, 0) is 4.79 Å². The van der Waals surface area contributed by atoms with Crippen molar-refractivity contribution >= 4 is 28.7 Å². The molecule has 0 spiro atoms. The van der Waals surface area contributed by atoms with Crippen molar-refractivity contribution in [3.8, 4) is 0 Å². The number of fused-ring (bicyclic) bond motifs is 1. The zero-order valence-electron chi connectivity index (χ0n) is 7.90. The average Bonchev–Trinajstić information content (AvgIpc) is 2.28. The van der Waals surface area contributed by atoms with Crippen LogP contribution in [0.4, 0.5) is 11.4 Å². The molecule has 15 heavy (non-hydrogen) atoms. The van der Waals surface area contributed by atoms with Crippen LogP contribution in [0.5, 0.6) is 0 Å².